The number of hydrogen-bond donors (Lipinski definition) is 1. The average molecular weight is 340 g/mol. The Morgan fingerprint density at radius 1 is 1.04 bits per heavy atom. The molecule has 132 valence electrons. The molecule has 0 radical (unpaired) electrons. The number of carbonyl (C=O) groups is 1. The third-order valence-corrected chi connectivity index (χ3v) is 3.53. The first-order chi connectivity index (χ1) is 12.1. The molecule has 2 rings (SSSR count). The molecule has 0 aromatic heterocycles. The molecule has 0 saturated carbocycles. The van der Waals surface area contributed by atoms with Gasteiger partial charge in [-0.05, 0) is 54.8 Å². The second kappa shape index (κ2) is 9.47. The Kier molecular flexibility index (Phi) is 7.01. The second-order valence-electron chi connectivity index (χ2n) is 5.77. The summed E-state index contributed by atoms with van der Waals surface area (Å²) in [6.07, 6.45) is 2.39. The molecule has 0 bridgehead atoms. The Balaban J connectivity index is 1.71. The van der Waals surface area contributed by atoms with E-state index in [0.29, 0.717) is 13.2 Å². The Labute approximate surface area is 148 Å². The van der Waals surface area contributed by atoms with Crippen molar-refractivity contribution in [3.63, 3.8) is 0 Å². The number of para-hydroxylation sites is 1. The fourth-order valence-corrected chi connectivity index (χ4v) is 2.30. The number of carbonyl (C=O) groups excluding carboxylic acids is 1. The minimum Gasteiger partial charge on any atom is -0.493 e. The van der Waals surface area contributed by atoms with Crippen molar-refractivity contribution < 1.29 is 14.3 Å². The van der Waals surface area contributed by atoms with Gasteiger partial charge < -0.3 is 9.47 Å². The lowest BCUT2D eigenvalue weighted by Gasteiger charge is -2.12. The summed E-state index contributed by atoms with van der Waals surface area (Å²) in [6.45, 7) is 6.72. The van der Waals surface area contributed by atoms with Crippen LogP contribution in [0.25, 0.3) is 0 Å². The Bertz CT molecular complexity index is 704. The molecule has 0 fully saturated rings. The Morgan fingerprint density at radius 2 is 1.68 bits per heavy atom. The molecule has 0 aliphatic rings. The second-order valence-corrected chi connectivity index (χ2v) is 5.77. The molecule has 0 saturated heterocycles. The van der Waals surface area contributed by atoms with Crippen molar-refractivity contribution in [3.8, 4) is 11.5 Å². The van der Waals surface area contributed by atoms with E-state index in [-0.39, 0.29) is 5.91 Å². The third-order valence-electron chi connectivity index (χ3n) is 3.53. The van der Waals surface area contributed by atoms with E-state index in [2.05, 4.69) is 36.5 Å². The largest absolute Gasteiger partial charge is 0.493 e. The monoisotopic (exact) mass is 340 g/mol. The highest BCUT2D eigenvalue weighted by Crippen LogP contribution is 2.22. The highest BCUT2D eigenvalue weighted by molar-refractivity contribution is 5.81. The van der Waals surface area contributed by atoms with Gasteiger partial charge in [0.2, 0.25) is 5.91 Å². The summed E-state index contributed by atoms with van der Waals surface area (Å²) in [4.78, 5) is 10.7. The smallest absolute Gasteiger partial charge is 0.236 e. The van der Waals surface area contributed by atoms with Crippen molar-refractivity contribution in [2.75, 3.05) is 13.2 Å². The van der Waals surface area contributed by atoms with Crippen LogP contribution in [0, 0.1) is 13.8 Å². The van der Waals surface area contributed by atoms with Gasteiger partial charge in [0.05, 0.1) is 19.4 Å². The highest BCUT2D eigenvalue weighted by atomic mass is 16.5. The van der Waals surface area contributed by atoms with Crippen LogP contribution >= 0.6 is 0 Å². The molecule has 0 aliphatic carbocycles. The van der Waals surface area contributed by atoms with E-state index in [1.807, 2.05) is 30.3 Å². The van der Waals surface area contributed by atoms with Gasteiger partial charge in [0, 0.05) is 13.3 Å². The van der Waals surface area contributed by atoms with Crippen molar-refractivity contribution in [1.82, 2.24) is 5.43 Å². The molecule has 1 amide bonds. The molecule has 5 heteroatoms. The first-order valence-corrected chi connectivity index (χ1v) is 8.28. The summed E-state index contributed by atoms with van der Waals surface area (Å²) in [7, 11) is 0. The standard InChI is InChI=1S/C20H24N2O3/c1-15-6-4-7-16(2)20(15)25-13-5-12-24-19-10-8-18(9-11-19)14-21-22-17(3)23/h4,6-11,14H,5,12-13H2,1-3H3,(H,22,23)/b21-14+. The van der Waals surface area contributed by atoms with E-state index in [1.54, 1.807) is 6.21 Å². The SMILES string of the molecule is CC(=O)N/N=C/c1ccc(OCCCOc2c(C)cccc2C)cc1. The predicted molar refractivity (Wildman–Crippen MR) is 99.4 cm³/mol. The van der Waals surface area contributed by atoms with Crippen LogP contribution in [0.3, 0.4) is 0 Å². The number of hydrazone groups is 1. The van der Waals surface area contributed by atoms with E-state index in [1.165, 1.54) is 6.92 Å². The maximum Gasteiger partial charge on any atom is 0.236 e. The van der Waals surface area contributed by atoms with Gasteiger partial charge in [0.1, 0.15) is 11.5 Å². The zero-order valence-corrected chi connectivity index (χ0v) is 14.9. The molecule has 5 nitrogen and oxygen atoms in total. The Morgan fingerprint density at radius 3 is 2.32 bits per heavy atom. The molecule has 0 aliphatic heterocycles. The van der Waals surface area contributed by atoms with Crippen LogP contribution in [-0.2, 0) is 4.79 Å². The number of rotatable bonds is 8. The minimum absolute atomic E-state index is 0.195. The molecule has 0 spiro atoms. The summed E-state index contributed by atoms with van der Waals surface area (Å²) < 4.78 is 11.6. The molecule has 0 unspecified atom stereocenters. The lowest BCUT2D eigenvalue weighted by atomic mass is 10.1. The molecule has 0 heterocycles. The van der Waals surface area contributed by atoms with Gasteiger partial charge in [-0.25, -0.2) is 5.43 Å². The number of benzene rings is 2. The van der Waals surface area contributed by atoms with Gasteiger partial charge in [-0.3, -0.25) is 4.79 Å². The van der Waals surface area contributed by atoms with Crippen LogP contribution in [0.5, 0.6) is 11.5 Å². The normalized spacial score (nSPS) is 10.7. The number of aryl methyl sites for hydroxylation is 2. The van der Waals surface area contributed by atoms with Gasteiger partial charge in [-0.15, -0.1) is 0 Å². The maximum absolute atomic E-state index is 10.7. The quantitative estimate of drug-likeness (QED) is 0.453. The van der Waals surface area contributed by atoms with Crippen LogP contribution in [0.2, 0.25) is 0 Å². The fraction of sp³-hybridized carbons (Fsp3) is 0.300. The fourth-order valence-electron chi connectivity index (χ4n) is 2.30. The van der Waals surface area contributed by atoms with Gasteiger partial charge in [-0.2, -0.15) is 5.10 Å². The van der Waals surface area contributed by atoms with Crippen LogP contribution in [-0.4, -0.2) is 25.3 Å². The van der Waals surface area contributed by atoms with Crippen molar-refractivity contribution >= 4 is 12.1 Å². The minimum atomic E-state index is -0.195. The number of nitrogens with one attached hydrogen (secondary N) is 1. The van der Waals surface area contributed by atoms with Crippen LogP contribution in [0.15, 0.2) is 47.6 Å². The molecular weight excluding hydrogens is 316 g/mol. The molecule has 2 aromatic rings. The summed E-state index contributed by atoms with van der Waals surface area (Å²) >= 11 is 0. The maximum atomic E-state index is 10.7. The topological polar surface area (TPSA) is 59.9 Å². The van der Waals surface area contributed by atoms with Crippen molar-refractivity contribution in [1.29, 1.82) is 0 Å². The molecule has 1 N–H and O–H groups in total. The molecule has 25 heavy (non-hydrogen) atoms. The van der Waals surface area contributed by atoms with Gasteiger partial charge in [0.25, 0.3) is 0 Å². The van der Waals surface area contributed by atoms with Gasteiger partial charge >= 0.3 is 0 Å². The highest BCUT2D eigenvalue weighted by Gasteiger charge is 2.02. The third kappa shape index (κ3) is 6.30. The van der Waals surface area contributed by atoms with Crippen molar-refractivity contribution in [2.45, 2.75) is 27.2 Å². The van der Waals surface area contributed by atoms with Crippen LogP contribution in [0.1, 0.15) is 30.0 Å². The zero-order valence-electron chi connectivity index (χ0n) is 14.9. The first-order valence-electron chi connectivity index (χ1n) is 8.28. The average Bonchev–Trinajstić information content (AvgIpc) is 2.58. The zero-order chi connectivity index (χ0) is 18.1. The van der Waals surface area contributed by atoms with Crippen LogP contribution in [0.4, 0.5) is 0 Å². The van der Waals surface area contributed by atoms with Gasteiger partial charge in [0.15, 0.2) is 0 Å². The number of hydrogen-bond acceptors (Lipinski definition) is 4. The summed E-state index contributed by atoms with van der Waals surface area (Å²) in [6, 6.07) is 13.7. The summed E-state index contributed by atoms with van der Waals surface area (Å²) in [5.41, 5.74) is 5.55. The number of nitrogens with zero attached hydrogens (tertiary/aromatic N) is 1. The van der Waals surface area contributed by atoms with E-state index in [4.69, 9.17) is 9.47 Å². The van der Waals surface area contributed by atoms with E-state index in [0.717, 1.165) is 34.6 Å². The van der Waals surface area contributed by atoms with Crippen LogP contribution < -0.4 is 14.9 Å². The van der Waals surface area contributed by atoms with E-state index in [9.17, 15) is 4.79 Å². The van der Waals surface area contributed by atoms with Gasteiger partial charge in [-0.1, -0.05) is 18.2 Å². The lowest BCUT2D eigenvalue weighted by molar-refractivity contribution is -0.118. The van der Waals surface area contributed by atoms with Crippen molar-refractivity contribution in [2.24, 2.45) is 5.10 Å². The predicted octanol–water partition coefficient (Wildman–Crippen LogP) is 3.62. The molecule has 0 atom stereocenters. The molecular formula is C20H24N2O3. The van der Waals surface area contributed by atoms with E-state index < -0.39 is 0 Å². The summed E-state index contributed by atoms with van der Waals surface area (Å²) in [5, 5.41) is 3.82. The van der Waals surface area contributed by atoms with E-state index >= 15 is 0 Å². The number of ether oxygens (including phenoxy) is 2. The lowest BCUT2D eigenvalue weighted by Crippen LogP contribution is -2.12. The summed E-state index contributed by atoms with van der Waals surface area (Å²) in [5.74, 6) is 1.56. The Hall–Kier alpha value is -2.82. The molecule has 2 aromatic carbocycles. The number of amides is 1. The first kappa shape index (κ1) is 18.5. The van der Waals surface area contributed by atoms with Crippen molar-refractivity contribution in [3.05, 3.63) is 59.2 Å².